The number of anilines is 3. The van der Waals surface area contributed by atoms with Gasteiger partial charge in [0.15, 0.2) is 0 Å². The van der Waals surface area contributed by atoms with E-state index in [1.807, 2.05) is 38.1 Å². The van der Waals surface area contributed by atoms with Gasteiger partial charge in [-0.25, -0.2) is 14.4 Å². The molecule has 0 spiro atoms. The fourth-order valence-electron chi connectivity index (χ4n) is 2.57. The monoisotopic (exact) mass is 352 g/mol. The van der Waals surface area contributed by atoms with Gasteiger partial charge in [-0.15, -0.1) is 0 Å². The first-order chi connectivity index (χ1) is 12.5. The number of ether oxygens (including phenoxy) is 1. The van der Waals surface area contributed by atoms with Crippen molar-refractivity contribution in [2.24, 2.45) is 0 Å². The summed E-state index contributed by atoms with van der Waals surface area (Å²) in [4.78, 5) is 8.83. The van der Waals surface area contributed by atoms with Crippen LogP contribution in [0.25, 0.3) is 0 Å². The summed E-state index contributed by atoms with van der Waals surface area (Å²) in [7, 11) is 1.64. The average Bonchev–Trinajstić information content (AvgIpc) is 2.61. The molecule has 0 unspecified atom stereocenters. The lowest BCUT2D eigenvalue weighted by Crippen LogP contribution is -2.05. The third-order valence-corrected chi connectivity index (χ3v) is 3.84. The highest BCUT2D eigenvalue weighted by Crippen LogP contribution is 2.28. The fraction of sp³-hybridized carbons (Fsp3) is 0.200. The van der Waals surface area contributed by atoms with Gasteiger partial charge in [0.25, 0.3) is 0 Å². The van der Waals surface area contributed by atoms with Crippen LogP contribution in [0.5, 0.6) is 5.75 Å². The number of nitrogens with zero attached hydrogens (tertiary/aromatic N) is 2. The van der Waals surface area contributed by atoms with Crippen molar-refractivity contribution < 1.29 is 9.13 Å². The number of methoxy groups -OCH3 is 1. The smallest absolute Gasteiger partial charge is 0.142 e. The van der Waals surface area contributed by atoms with Crippen LogP contribution in [0.4, 0.5) is 21.7 Å². The summed E-state index contributed by atoms with van der Waals surface area (Å²) >= 11 is 0. The Morgan fingerprint density at radius 3 is 2.42 bits per heavy atom. The lowest BCUT2D eigenvalue weighted by molar-refractivity contribution is 0.416. The summed E-state index contributed by atoms with van der Waals surface area (Å²) in [6, 6.07) is 14.1. The average molecular weight is 352 g/mol. The molecule has 1 aromatic heterocycles. The van der Waals surface area contributed by atoms with Gasteiger partial charge in [-0.05, 0) is 49.2 Å². The highest BCUT2D eigenvalue weighted by molar-refractivity contribution is 5.66. The van der Waals surface area contributed by atoms with E-state index >= 15 is 0 Å². The molecule has 0 saturated heterocycles. The van der Waals surface area contributed by atoms with Crippen molar-refractivity contribution in [2.75, 3.05) is 17.7 Å². The Labute approximate surface area is 152 Å². The molecule has 2 aromatic carbocycles. The van der Waals surface area contributed by atoms with E-state index in [1.165, 1.54) is 12.1 Å². The Bertz CT molecular complexity index is 897. The number of nitrogens with one attached hydrogen (secondary N) is 2. The Kier molecular flexibility index (Phi) is 5.31. The van der Waals surface area contributed by atoms with Gasteiger partial charge in [-0.2, -0.15) is 0 Å². The topological polar surface area (TPSA) is 59.1 Å². The molecule has 0 fully saturated rings. The van der Waals surface area contributed by atoms with Crippen molar-refractivity contribution >= 4 is 17.3 Å². The number of hydrogen-bond acceptors (Lipinski definition) is 5. The molecule has 0 radical (unpaired) electrons. The van der Waals surface area contributed by atoms with Crippen LogP contribution in [0.1, 0.15) is 17.0 Å². The summed E-state index contributed by atoms with van der Waals surface area (Å²) in [5.74, 6) is 2.50. The molecular weight excluding hydrogens is 331 g/mol. The van der Waals surface area contributed by atoms with Crippen LogP contribution >= 0.6 is 0 Å². The summed E-state index contributed by atoms with van der Waals surface area (Å²) < 4.78 is 18.4. The Morgan fingerprint density at radius 1 is 0.962 bits per heavy atom. The fourth-order valence-corrected chi connectivity index (χ4v) is 2.57. The number of hydrogen-bond donors (Lipinski definition) is 2. The summed E-state index contributed by atoms with van der Waals surface area (Å²) in [5.41, 5.74) is 2.93. The van der Waals surface area contributed by atoms with E-state index in [2.05, 4.69) is 20.6 Å². The van der Waals surface area contributed by atoms with Crippen molar-refractivity contribution in [3.63, 3.8) is 0 Å². The second-order valence-corrected chi connectivity index (χ2v) is 5.99. The predicted octanol–water partition coefficient (Wildman–Crippen LogP) is 4.60. The second kappa shape index (κ2) is 7.82. The molecular formula is C20H21FN4O. The van der Waals surface area contributed by atoms with Crippen molar-refractivity contribution in [2.45, 2.75) is 20.4 Å². The molecule has 3 aromatic rings. The standard InChI is InChI=1S/C20H21FN4O/c1-13-4-9-18(26-3)17(10-13)25-20-11-19(23-14(2)24-20)22-12-15-5-7-16(21)8-6-15/h4-11H,12H2,1-3H3,(H2,22,23,24,25). The van der Waals surface area contributed by atoms with Crippen molar-refractivity contribution in [3.8, 4) is 5.75 Å². The first kappa shape index (κ1) is 17.7. The largest absolute Gasteiger partial charge is 0.495 e. The highest BCUT2D eigenvalue weighted by Gasteiger charge is 2.07. The predicted molar refractivity (Wildman–Crippen MR) is 102 cm³/mol. The molecule has 3 rings (SSSR count). The maximum atomic E-state index is 13.0. The van der Waals surface area contributed by atoms with E-state index in [1.54, 1.807) is 19.2 Å². The van der Waals surface area contributed by atoms with Crippen LogP contribution in [0.3, 0.4) is 0 Å². The molecule has 0 aliphatic heterocycles. The van der Waals surface area contributed by atoms with Crippen LogP contribution in [-0.4, -0.2) is 17.1 Å². The number of aromatic nitrogens is 2. The van der Waals surface area contributed by atoms with Crippen molar-refractivity contribution in [3.05, 3.63) is 71.3 Å². The Balaban J connectivity index is 1.77. The molecule has 2 N–H and O–H groups in total. The van der Waals surface area contributed by atoms with Gasteiger partial charge in [0.2, 0.25) is 0 Å². The zero-order valence-electron chi connectivity index (χ0n) is 15.0. The molecule has 26 heavy (non-hydrogen) atoms. The van der Waals surface area contributed by atoms with E-state index in [9.17, 15) is 4.39 Å². The maximum absolute atomic E-state index is 13.0. The van der Waals surface area contributed by atoms with Gasteiger partial charge in [-0.1, -0.05) is 18.2 Å². The van der Waals surface area contributed by atoms with Crippen molar-refractivity contribution in [1.82, 2.24) is 9.97 Å². The van der Waals surface area contributed by atoms with Crippen molar-refractivity contribution in [1.29, 1.82) is 0 Å². The SMILES string of the molecule is COc1ccc(C)cc1Nc1cc(NCc2ccc(F)cc2)nc(C)n1. The molecule has 134 valence electrons. The zero-order valence-corrected chi connectivity index (χ0v) is 15.0. The first-order valence-electron chi connectivity index (χ1n) is 8.29. The molecule has 6 heteroatoms. The lowest BCUT2D eigenvalue weighted by Gasteiger charge is -2.13. The minimum atomic E-state index is -0.245. The number of halogens is 1. The summed E-state index contributed by atoms with van der Waals surface area (Å²) in [6.45, 7) is 4.40. The van der Waals surface area contributed by atoms with E-state index in [4.69, 9.17) is 4.74 Å². The van der Waals surface area contributed by atoms with Gasteiger partial charge in [0, 0.05) is 12.6 Å². The third kappa shape index (κ3) is 4.47. The van der Waals surface area contributed by atoms with Crippen LogP contribution in [0.2, 0.25) is 0 Å². The van der Waals surface area contributed by atoms with E-state index in [-0.39, 0.29) is 5.82 Å². The zero-order chi connectivity index (χ0) is 18.5. The van der Waals surface area contributed by atoms with Crippen LogP contribution in [0.15, 0.2) is 48.5 Å². The van der Waals surface area contributed by atoms with Crippen LogP contribution in [0, 0.1) is 19.7 Å². The number of rotatable bonds is 6. The Morgan fingerprint density at radius 2 is 1.69 bits per heavy atom. The van der Waals surface area contributed by atoms with Gasteiger partial charge in [-0.3, -0.25) is 0 Å². The molecule has 0 bridgehead atoms. The quantitative estimate of drug-likeness (QED) is 0.679. The van der Waals surface area contributed by atoms with Crippen LogP contribution in [-0.2, 0) is 6.54 Å². The Hall–Kier alpha value is -3.15. The van der Waals surface area contributed by atoms with Gasteiger partial charge >= 0.3 is 0 Å². The summed E-state index contributed by atoms with van der Waals surface area (Å²) in [6.07, 6.45) is 0. The van der Waals surface area contributed by atoms with Gasteiger partial charge in [0.05, 0.1) is 12.8 Å². The number of aryl methyl sites for hydroxylation is 2. The maximum Gasteiger partial charge on any atom is 0.142 e. The molecule has 0 aliphatic carbocycles. The van der Waals surface area contributed by atoms with Gasteiger partial charge in [0.1, 0.15) is 29.0 Å². The molecule has 1 heterocycles. The second-order valence-electron chi connectivity index (χ2n) is 5.99. The molecule has 0 amide bonds. The highest BCUT2D eigenvalue weighted by atomic mass is 19.1. The minimum absolute atomic E-state index is 0.245. The minimum Gasteiger partial charge on any atom is -0.495 e. The first-order valence-corrected chi connectivity index (χ1v) is 8.29. The van der Waals surface area contributed by atoms with E-state index in [0.717, 1.165) is 22.6 Å². The lowest BCUT2D eigenvalue weighted by atomic mass is 10.2. The molecule has 5 nitrogen and oxygen atoms in total. The third-order valence-electron chi connectivity index (χ3n) is 3.84. The van der Waals surface area contributed by atoms with E-state index in [0.29, 0.717) is 24.0 Å². The summed E-state index contributed by atoms with van der Waals surface area (Å²) in [5, 5.41) is 6.53. The van der Waals surface area contributed by atoms with Gasteiger partial charge < -0.3 is 15.4 Å². The molecule has 0 saturated carbocycles. The number of benzene rings is 2. The van der Waals surface area contributed by atoms with Crippen LogP contribution < -0.4 is 15.4 Å². The van der Waals surface area contributed by atoms with E-state index < -0.39 is 0 Å². The molecule has 0 aliphatic rings. The normalized spacial score (nSPS) is 10.5. The molecule has 0 atom stereocenters.